The number of nitrogens with one attached hydrogen (secondary N) is 2. The van der Waals surface area contributed by atoms with E-state index in [0.29, 0.717) is 106 Å². The van der Waals surface area contributed by atoms with Crippen molar-refractivity contribution in [2.24, 2.45) is 0 Å². The van der Waals surface area contributed by atoms with Gasteiger partial charge in [0.2, 0.25) is 23.6 Å². The van der Waals surface area contributed by atoms with Gasteiger partial charge in [-0.1, -0.05) is 18.2 Å². The van der Waals surface area contributed by atoms with E-state index in [-0.39, 0.29) is 48.8 Å². The lowest BCUT2D eigenvalue weighted by Gasteiger charge is -2.38. The van der Waals surface area contributed by atoms with E-state index in [1.165, 1.54) is 18.2 Å². The van der Waals surface area contributed by atoms with Gasteiger partial charge in [0.05, 0.1) is 36.4 Å². The van der Waals surface area contributed by atoms with Gasteiger partial charge in [-0.25, -0.2) is 18.3 Å². The fourth-order valence-corrected chi connectivity index (χ4v) is 10.0. The molecule has 0 radical (unpaired) electrons. The van der Waals surface area contributed by atoms with Gasteiger partial charge < -0.3 is 30.0 Å². The standard InChI is InChI=1S/C52H52F2N12O4.CH2O2/c53-39-4-5-40(56-31-39)27-49(68)64-23-19-63(20-24-64)47-11-3-36(29-57-47)44-25-37(32-66-51(44)38(28-55)30-58-66)34-1-7-42(8-2-34)62-17-21-65(22-18-62)50(69)33-61-15-13-35(14-16-61)43-9-6-41(26-45(43)54)59-46-10-12-48(67)60-52(46)70;2-1-3/h1-9,11,25-26,29-32,35,46,59H,10,12-24,27,33H2,(H,60,67,70);1H,(H,2,3). The molecule has 0 aliphatic carbocycles. The molecule has 20 heteroatoms. The van der Waals surface area contributed by atoms with Crippen molar-refractivity contribution in [3.8, 4) is 28.3 Å². The van der Waals surface area contributed by atoms with E-state index in [0.717, 1.165) is 52.8 Å². The summed E-state index contributed by atoms with van der Waals surface area (Å²) in [5.74, 6) is -0.573. The van der Waals surface area contributed by atoms with Crippen LogP contribution >= 0.6 is 0 Å². The van der Waals surface area contributed by atoms with Gasteiger partial charge >= 0.3 is 0 Å². The second kappa shape index (κ2) is 22.4. The van der Waals surface area contributed by atoms with Crippen molar-refractivity contribution in [2.75, 3.05) is 87.1 Å². The molecule has 4 aromatic heterocycles. The van der Waals surface area contributed by atoms with Crippen LogP contribution in [0.25, 0.3) is 27.8 Å². The quantitative estimate of drug-likeness (QED) is 0.116. The molecule has 4 aliphatic heterocycles. The highest BCUT2D eigenvalue weighted by Gasteiger charge is 2.30. The summed E-state index contributed by atoms with van der Waals surface area (Å²) >= 11 is 0. The molecule has 1 unspecified atom stereocenters. The van der Waals surface area contributed by atoms with Crippen molar-refractivity contribution in [1.29, 1.82) is 5.26 Å². The number of benzene rings is 2. The lowest BCUT2D eigenvalue weighted by molar-refractivity contribution is -0.134. The van der Waals surface area contributed by atoms with E-state index in [2.05, 4.69) is 71.8 Å². The summed E-state index contributed by atoms with van der Waals surface area (Å²) in [4.78, 5) is 77.5. The molecule has 2 aromatic carbocycles. The van der Waals surface area contributed by atoms with Crippen LogP contribution in [0.15, 0.2) is 97.6 Å². The Morgan fingerprint density at radius 3 is 2.12 bits per heavy atom. The van der Waals surface area contributed by atoms with Crippen molar-refractivity contribution in [3.05, 3.63) is 126 Å². The number of imide groups is 1. The van der Waals surface area contributed by atoms with Gasteiger partial charge in [-0.05, 0) is 104 Å². The zero-order valence-corrected chi connectivity index (χ0v) is 40.0. The number of anilines is 3. The van der Waals surface area contributed by atoms with Crippen molar-refractivity contribution in [2.45, 2.75) is 44.1 Å². The summed E-state index contributed by atoms with van der Waals surface area (Å²) in [7, 11) is 0. The summed E-state index contributed by atoms with van der Waals surface area (Å²) < 4.78 is 30.3. The monoisotopic (exact) mass is 992 g/mol. The van der Waals surface area contributed by atoms with Crippen molar-refractivity contribution in [1.82, 2.24) is 39.6 Å². The zero-order chi connectivity index (χ0) is 51.0. The minimum absolute atomic E-state index is 0.0364. The third-order valence-electron chi connectivity index (χ3n) is 14.0. The smallest absolute Gasteiger partial charge is 0.290 e. The first-order valence-electron chi connectivity index (χ1n) is 24.3. The molecule has 0 bridgehead atoms. The topological polar surface area (TPSA) is 213 Å². The zero-order valence-electron chi connectivity index (χ0n) is 40.0. The molecule has 376 valence electrons. The molecule has 73 heavy (non-hydrogen) atoms. The first-order valence-corrected chi connectivity index (χ1v) is 24.3. The number of hydrogen-bond acceptors (Lipinski definition) is 13. The average Bonchev–Trinajstić information content (AvgIpc) is 3.84. The van der Waals surface area contributed by atoms with E-state index in [1.54, 1.807) is 27.7 Å². The summed E-state index contributed by atoms with van der Waals surface area (Å²) in [6, 6.07) is 23.9. The molecule has 1 atom stereocenters. The van der Waals surface area contributed by atoms with Crippen molar-refractivity contribution < 1.29 is 37.9 Å². The van der Waals surface area contributed by atoms with Crippen LogP contribution in [-0.4, -0.2) is 148 Å². The minimum atomic E-state index is -0.577. The molecule has 3 N–H and O–H groups in total. The molecule has 4 aliphatic rings. The average molecular weight is 993 g/mol. The number of carboxylic acid groups (broad SMARTS) is 1. The van der Waals surface area contributed by atoms with Crippen molar-refractivity contribution >= 4 is 52.8 Å². The fourth-order valence-electron chi connectivity index (χ4n) is 10.0. The molecular formula is C53H54F2N12O6. The summed E-state index contributed by atoms with van der Waals surface area (Å²) in [5.41, 5.74) is 7.45. The number of aromatic nitrogens is 4. The largest absolute Gasteiger partial charge is 0.483 e. The number of halogens is 2. The number of amides is 4. The summed E-state index contributed by atoms with van der Waals surface area (Å²) in [6.07, 6.45) is 8.65. The van der Waals surface area contributed by atoms with E-state index in [4.69, 9.17) is 14.9 Å². The number of carbonyl (C=O) groups is 5. The SMILES string of the molecule is N#Cc1cnn2cc(-c3ccc(N4CCN(C(=O)CN5CCC(c6ccc(NC7CCC(=O)NC7=O)cc6F)CC5)CC4)cc3)cc(-c3ccc(N4CCN(C(=O)Cc5ccc(F)cn5)CC4)nc3)c12.O=CO. The Labute approximate surface area is 419 Å². The fraction of sp³-hybridized carbons (Fsp3) is 0.340. The molecule has 18 nitrogen and oxygen atoms in total. The predicted molar refractivity (Wildman–Crippen MR) is 267 cm³/mol. The van der Waals surface area contributed by atoms with Crippen LogP contribution in [0.5, 0.6) is 0 Å². The Morgan fingerprint density at radius 2 is 1.48 bits per heavy atom. The number of pyridine rings is 3. The van der Waals surface area contributed by atoms with E-state index >= 15 is 4.39 Å². The van der Waals surface area contributed by atoms with Crippen LogP contribution in [0.3, 0.4) is 0 Å². The maximum atomic E-state index is 15.3. The Balaban J connectivity index is 0.00000214. The lowest BCUT2D eigenvalue weighted by atomic mass is 9.89. The Bertz CT molecular complexity index is 3010. The number of carbonyl (C=O) groups excluding carboxylic acids is 4. The number of hydrogen-bond donors (Lipinski definition) is 3. The normalized spacial score (nSPS) is 17.6. The number of likely N-dealkylation sites (tertiary alicyclic amines) is 1. The molecular weight excluding hydrogens is 939 g/mol. The maximum Gasteiger partial charge on any atom is 0.290 e. The molecule has 4 amide bonds. The molecule has 0 spiro atoms. The number of piperazine rings is 2. The molecule has 10 rings (SSSR count). The van der Waals surface area contributed by atoms with Crippen LogP contribution in [0.2, 0.25) is 0 Å². The van der Waals surface area contributed by atoms with Crippen molar-refractivity contribution in [3.63, 3.8) is 0 Å². The summed E-state index contributed by atoms with van der Waals surface area (Å²) in [6.45, 7) is 6.39. The van der Waals surface area contributed by atoms with Gasteiger partial charge in [0.25, 0.3) is 6.47 Å². The molecule has 0 saturated carbocycles. The molecule has 4 fully saturated rings. The highest BCUT2D eigenvalue weighted by atomic mass is 19.1. The third kappa shape index (κ3) is 11.6. The van der Waals surface area contributed by atoms with Crippen LogP contribution in [-0.2, 0) is 30.4 Å². The van der Waals surface area contributed by atoms with E-state index in [9.17, 15) is 28.8 Å². The Kier molecular flexibility index (Phi) is 15.2. The van der Waals surface area contributed by atoms with Gasteiger partial charge in [-0.2, -0.15) is 10.4 Å². The minimum Gasteiger partial charge on any atom is -0.483 e. The van der Waals surface area contributed by atoms with Crippen LogP contribution in [0.1, 0.15) is 48.4 Å². The second-order valence-electron chi connectivity index (χ2n) is 18.5. The number of nitrogens with zero attached hydrogens (tertiary/aromatic N) is 10. The maximum absolute atomic E-state index is 15.3. The summed E-state index contributed by atoms with van der Waals surface area (Å²) in [5, 5.41) is 26.8. The van der Waals surface area contributed by atoms with Gasteiger partial charge in [0, 0.05) is 105 Å². The highest BCUT2D eigenvalue weighted by molar-refractivity contribution is 6.01. The third-order valence-corrected chi connectivity index (χ3v) is 14.0. The number of rotatable bonds is 11. The predicted octanol–water partition coefficient (Wildman–Crippen LogP) is 4.95. The first kappa shape index (κ1) is 49.7. The molecule has 4 saturated heterocycles. The molecule has 8 heterocycles. The molecule has 6 aromatic rings. The van der Waals surface area contributed by atoms with E-state index < -0.39 is 17.8 Å². The van der Waals surface area contributed by atoms with Crippen LogP contribution in [0.4, 0.5) is 26.0 Å². The second-order valence-corrected chi connectivity index (χ2v) is 18.5. The van der Waals surface area contributed by atoms with Crippen LogP contribution < -0.4 is 20.4 Å². The van der Waals surface area contributed by atoms with E-state index in [1.807, 2.05) is 29.4 Å². The highest BCUT2D eigenvalue weighted by Crippen LogP contribution is 2.35. The number of piperidine rings is 2. The first-order chi connectivity index (χ1) is 35.5. The number of nitriles is 1. The Morgan fingerprint density at radius 1 is 0.781 bits per heavy atom. The van der Waals surface area contributed by atoms with Gasteiger partial charge in [0.15, 0.2) is 0 Å². The van der Waals surface area contributed by atoms with Gasteiger partial charge in [-0.15, -0.1) is 0 Å². The Hall–Kier alpha value is -8.31. The lowest BCUT2D eigenvalue weighted by Crippen LogP contribution is -2.51. The van der Waals surface area contributed by atoms with Gasteiger partial charge in [-0.3, -0.25) is 39.2 Å². The van der Waals surface area contributed by atoms with Crippen LogP contribution in [0, 0.1) is 23.0 Å². The van der Waals surface area contributed by atoms with Gasteiger partial charge in [0.1, 0.15) is 29.6 Å². The number of fused-ring (bicyclic) bond motifs is 1.